The molecule has 0 amide bonds. The Kier molecular flexibility index (Phi) is 1.98. The van der Waals surface area contributed by atoms with Crippen molar-refractivity contribution in [3.63, 3.8) is 0 Å². The lowest BCUT2D eigenvalue weighted by atomic mass is 9.89. The van der Waals surface area contributed by atoms with Crippen molar-refractivity contribution in [3.8, 4) is 0 Å². The molecule has 0 aromatic heterocycles. The first-order chi connectivity index (χ1) is 6.18. The van der Waals surface area contributed by atoms with Gasteiger partial charge in [-0.25, -0.2) is 0 Å². The molecule has 1 aliphatic carbocycles. The molecule has 70 valence electrons. The quantitative estimate of drug-likeness (QED) is 0.597. The molecule has 0 bridgehead atoms. The lowest BCUT2D eigenvalue weighted by molar-refractivity contribution is 0.305. The van der Waals surface area contributed by atoms with E-state index in [1.807, 2.05) is 18.3 Å². The number of allylic oxidation sites excluding steroid dienone is 2. The van der Waals surface area contributed by atoms with Gasteiger partial charge in [0.2, 0.25) is 0 Å². The molecule has 0 N–H and O–H groups in total. The fourth-order valence-electron chi connectivity index (χ4n) is 1.84. The molecule has 2 unspecified atom stereocenters. The van der Waals surface area contributed by atoms with Crippen LogP contribution in [-0.2, 0) is 0 Å². The number of likely N-dealkylation sites (N-methyl/N-ethyl adjacent to an activating group) is 1. The fourth-order valence-corrected chi connectivity index (χ4v) is 1.84. The van der Waals surface area contributed by atoms with Gasteiger partial charge in [0.25, 0.3) is 0 Å². The highest BCUT2D eigenvalue weighted by molar-refractivity contribution is 5.68. The first-order valence-electron chi connectivity index (χ1n) is 4.85. The minimum absolute atomic E-state index is 0.461. The largest absolute Gasteiger partial charge is 0.293 e. The van der Waals surface area contributed by atoms with E-state index in [9.17, 15) is 0 Å². The molecule has 0 aromatic carbocycles. The van der Waals surface area contributed by atoms with Crippen LogP contribution in [-0.4, -0.2) is 24.3 Å². The average molecular weight is 176 g/mol. The molecule has 2 nitrogen and oxygen atoms in total. The summed E-state index contributed by atoms with van der Waals surface area (Å²) in [5.41, 5.74) is 1.43. The Hall–Kier alpha value is -1.05. The maximum atomic E-state index is 4.29. The predicted molar refractivity (Wildman–Crippen MR) is 55.6 cm³/mol. The van der Waals surface area contributed by atoms with Crippen LogP contribution in [0, 0.1) is 11.8 Å². The monoisotopic (exact) mass is 176 g/mol. The second-order valence-corrected chi connectivity index (χ2v) is 4.09. The summed E-state index contributed by atoms with van der Waals surface area (Å²) in [6, 6.07) is 0.461. The predicted octanol–water partition coefficient (Wildman–Crippen LogP) is 2.05. The van der Waals surface area contributed by atoms with Crippen LogP contribution in [0.25, 0.3) is 0 Å². The minimum atomic E-state index is 0.461. The number of hydrazone groups is 1. The number of hydrogen-bond acceptors (Lipinski definition) is 2. The van der Waals surface area contributed by atoms with E-state index in [0.29, 0.717) is 17.9 Å². The summed E-state index contributed by atoms with van der Waals surface area (Å²) in [4.78, 5) is 0. The standard InChI is InChI=1S/C11H16N2/c1-8(2)9-4-5-10-7-12-13(3)11(10)6-9/h4-8,10-11H,1-3H3. The Balaban J connectivity index is 2.22. The van der Waals surface area contributed by atoms with Crippen molar-refractivity contribution in [2.24, 2.45) is 16.9 Å². The molecule has 2 aliphatic rings. The molecule has 0 saturated heterocycles. The number of nitrogens with zero attached hydrogens (tertiary/aromatic N) is 2. The highest BCUT2D eigenvalue weighted by atomic mass is 15.5. The van der Waals surface area contributed by atoms with Gasteiger partial charge in [-0.1, -0.05) is 32.1 Å². The second-order valence-electron chi connectivity index (χ2n) is 4.09. The van der Waals surface area contributed by atoms with Crippen LogP contribution in [0.15, 0.2) is 28.9 Å². The molecule has 2 heteroatoms. The van der Waals surface area contributed by atoms with Crippen molar-refractivity contribution in [1.82, 2.24) is 5.01 Å². The second kappa shape index (κ2) is 3.02. The third-order valence-electron chi connectivity index (χ3n) is 2.79. The Labute approximate surface area is 79.6 Å². The van der Waals surface area contributed by atoms with E-state index in [0.717, 1.165) is 0 Å². The molecule has 2 rings (SSSR count). The summed E-state index contributed by atoms with van der Waals surface area (Å²) < 4.78 is 0. The third kappa shape index (κ3) is 1.41. The van der Waals surface area contributed by atoms with E-state index in [-0.39, 0.29) is 0 Å². The van der Waals surface area contributed by atoms with Gasteiger partial charge in [-0.3, -0.25) is 5.01 Å². The zero-order chi connectivity index (χ0) is 9.42. The van der Waals surface area contributed by atoms with Crippen molar-refractivity contribution < 1.29 is 0 Å². The van der Waals surface area contributed by atoms with Crippen LogP contribution in [0.3, 0.4) is 0 Å². The molecule has 13 heavy (non-hydrogen) atoms. The van der Waals surface area contributed by atoms with E-state index < -0.39 is 0 Å². The topological polar surface area (TPSA) is 15.6 Å². The molecule has 1 aliphatic heterocycles. The lowest BCUT2D eigenvalue weighted by Crippen LogP contribution is -2.28. The van der Waals surface area contributed by atoms with Crippen LogP contribution < -0.4 is 0 Å². The van der Waals surface area contributed by atoms with Gasteiger partial charge >= 0.3 is 0 Å². The van der Waals surface area contributed by atoms with Crippen molar-refractivity contribution in [1.29, 1.82) is 0 Å². The highest BCUT2D eigenvalue weighted by Crippen LogP contribution is 2.27. The minimum Gasteiger partial charge on any atom is -0.293 e. The highest BCUT2D eigenvalue weighted by Gasteiger charge is 2.27. The number of fused-ring (bicyclic) bond motifs is 1. The fraction of sp³-hybridized carbons (Fsp3) is 0.545. The van der Waals surface area contributed by atoms with E-state index in [1.165, 1.54) is 5.57 Å². The van der Waals surface area contributed by atoms with Gasteiger partial charge in [-0.2, -0.15) is 5.10 Å². The normalized spacial score (nSPS) is 31.1. The number of rotatable bonds is 1. The van der Waals surface area contributed by atoms with E-state index in [2.05, 4.69) is 37.2 Å². The van der Waals surface area contributed by atoms with E-state index in [1.54, 1.807) is 0 Å². The molecular formula is C11H16N2. The third-order valence-corrected chi connectivity index (χ3v) is 2.79. The maximum Gasteiger partial charge on any atom is 0.0766 e. The number of hydrogen-bond donors (Lipinski definition) is 0. The van der Waals surface area contributed by atoms with Crippen LogP contribution in [0.1, 0.15) is 13.8 Å². The van der Waals surface area contributed by atoms with Crippen molar-refractivity contribution in [2.75, 3.05) is 7.05 Å². The Bertz CT molecular complexity index is 286. The maximum absolute atomic E-state index is 4.29. The SMILES string of the molecule is CC(C)C1=CC2C(C=C1)C=NN2C. The Morgan fingerprint density at radius 2 is 2.23 bits per heavy atom. The summed E-state index contributed by atoms with van der Waals surface area (Å²) in [7, 11) is 2.04. The van der Waals surface area contributed by atoms with Gasteiger partial charge in [-0.05, 0) is 11.5 Å². The summed E-state index contributed by atoms with van der Waals surface area (Å²) in [5, 5.41) is 6.33. The average Bonchev–Trinajstić information content (AvgIpc) is 2.47. The van der Waals surface area contributed by atoms with Gasteiger partial charge < -0.3 is 0 Å². The summed E-state index contributed by atoms with van der Waals surface area (Å²) in [6.07, 6.45) is 8.85. The smallest absolute Gasteiger partial charge is 0.0766 e. The first kappa shape index (κ1) is 8.54. The van der Waals surface area contributed by atoms with Crippen molar-refractivity contribution in [3.05, 3.63) is 23.8 Å². The summed E-state index contributed by atoms with van der Waals surface area (Å²) in [5.74, 6) is 1.11. The first-order valence-corrected chi connectivity index (χ1v) is 4.85. The van der Waals surface area contributed by atoms with Gasteiger partial charge in [0, 0.05) is 19.2 Å². The van der Waals surface area contributed by atoms with E-state index >= 15 is 0 Å². The van der Waals surface area contributed by atoms with Crippen molar-refractivity contribution in [2.45, 2.75) is 19.9 Å². The Morgan fingerprint density at radius 3 is 2.92 bits per heavy atom. The lowest BCUT2D eigenvalue weighted by Gasteiger charge is -2.24. The zero-order valence-electron chi connectivity index (χ0n) is 8.44. The van der Waals surface area contributed by atoms with Crippen molar-refractivity contribution >= 4 is 6.21 Å². The molecule has 0 fully saturated rings. The molecule has 1 heterocycles. The summed E-state index contributed by atoms with van der Waals surface area (Å²) >= 11 is 0. The van der Waals surface area contributed by atoms with Gasteiger partial charge in [-0.15, -0.1) is 0 Å². The molecule has 0 spiro atoms. The molecule has 0 aromatic rings. The van der Waals surface area contributed by atoms with Crippen LogP contribution >= 0.6 is 0 Å². The molecule has 0 saturated carbocycles. The van der Waals surface area contributed by atoms with Gasteiger partial charge in [0.1, 0.15) is 0 Å². The van der Waals surface area contributed by atoms with Gasteiger partial charge in [0.15, 0.2) is 0 Å². The molecular weight excluding hydrogens is 160 g/mol. The summed E-state index contributed by atoms with van der Waals surface area (Å²) in [6.45, 7) is 4.46. The molecule has 2 atom stereocenters. The zero-order valence-corrected chi connectivity index (χ0v) is 8.44. The molecule has 0 radical (unpaired) electrons. The van der Waals surface area contributed by atoms with Crippen LogP contribution in [0.4, 0.5) is 0 Å². The van der Waals surface area contributed by atoms with E-state index in [4.69, 9.17) is 0 Å². The van der Waals surface area contributed by atoms with Gasteiger partial charge in [0.05, 0.1) is 6.04 Å². The van der Waals surface area contributed by atoms with Crippen LogP contribution in [0.2, 0.25) is 0 Å². The Morgan fingerprint density at radius 1 is 1.46 bits per heavy atom. The van der Waals surface area contributed by atoms with Crippen LogP contribution in [0.5, 0.6) is 0 Å².